The second-order valence-corrected chi connectivity index (χ2v) is 11.9. The lowest BCUT2D eigenvalue weighted by Gasteiger charge is -2.53. The molecule has 1 saturated heterocycles. The van der Waals surface area contributed by atoms with E-state index in [9.17, 15) is 14.7 Å². The molecule has 2 aromatic carbocycles. The Morgan fingerprint density at radius 1 is 1.10 bits per heavy atom. The third-order valence-electron chi connectivity index (χ3n) is 9.18. The largest absolute Gasteiger partial charge is 0.480 e. The molecule has 0 bridgehead atoms. The van der Waals surface area contributed by atoms with Gasteiger partial charge in [-0.15, -0.1) is 0 Å². The number of amides is 1. The molecule has 0 radical (unpaired) electrons. The summed E-state index contributed by atoms with van der Waals surface area (Å²) in [6, 6.07) is 13.0. The molecule has 4 atom stereocenters. The van der Waals surface area contributed by atoms with Gasteiger partial charge in [0.05, 0.1) is 11.6 Å². The van der Waals surface area contributed by atoms with Gasteiger partial charge in [-0.05, 0) is 86.8 Å². The summed E-state index contributed by atoms with van der Waals surface area (Å²) in [4.78, 5) is 28.6. The minimum atomic E-state index is -0.767. The van der Waals surface area contributed by atoms with Crippen molar-refractivity contribution in [3.8, 4) is 5.75 Å². The van der Waals surface area contributed by atoms with Crippen LogP contribution in [-0.2, 0) is 17.6 Å². The molecular formula is C32H36ClNO5. The van der Waals surface area contributed by atoms with Gasteiger partial charge in [-0.25, -0.2) is 4.79 Å². The van der Waals surface area contributed by atoms with E-state index in [-0.39, 0.29) is 23.5 Å². The Bertz CT molecular complexity index is 1430. The van der Waals surface area contributed by atoms with Crippen LogP contribution in [0.1, 0.15) is 81.0 Å². The number of likely N-dealkylation sites (tertiary alicyclic amines) is 1. The number of nitrogens with zero attached hydrogens (tertiary/aromatic N) is 1. The summed E-state index contributed by atoms with van der Waals surface area (Å²) in [5.74, 6) is 0.386. The molecule has 0 spiro atoms. The van der Waals surface area contributed by atoms with Crippen molar-refractivity contribution in [3.63, 3.8) is 0 Å². The van der Waals surface area contributed by atoms with Gasteiger partial charge in [-0.3, -0.25) is 4.79 Å². The molecule has 2 aliphatic carbocycles. The number of hydrogen-bond acceptors (Lipinski definition) is 5. The summed E-state index contributed by atoms with van der Waals surface area (Å²) in [7, 11) is 0. The Morgan fingerprint density at radius 2 is 1.87 bits per heavy atom. The SMILES string of the molecule is CCC(Oc1ccc2c3c(c(=O)oc2c1)CCCC3)C(=O)N1CCC2(O)CCCCC2[C@@H]1c1ccc(Cl)cc1. The van der Waals surface area contributed by atoms with Gasteiger partial charge < -0.3 is 19.2 Å². The fourth-order valence-electron chi connectivity index (χ4n) is 7.16. The summed E-state index contributed by atoms with van der Waals surface area (Å²) in [5.41, 5.74) is 2.34. The van der Waals surface area contributed by atoms with Crippen LogP contribution in [0.15, 0.2) is 51.7 Å². The van der Waals surface area contributed by atoms with Crippen molar-refractivity contribution < 1.29 is 19.1 Å². The van der Waals surface area contributed by atoms with Crippen LogP contribution in [0.5, 0.6) is 5.75 Å². The molecule has 6 rings (SSSR count). The van der Waals surface area contributed by atoms with E-state index in [0.717, 1.165) is 73.4 Å². The van der Waals surface area contributed by atoms with Crippen molar-refractivity contribution in [1.29, 1.82) is 0 Å². The molecule has 2 heterocycles. The Balaban J connectivity index is 1.30. The average molecular weight is 550 g/mol. The maximum atomic E-state index is 14.1. The van der Waals surface area contributed by atoms with E-state index in [1.165, 1.54) is 0 Å². The summed E-state index contributed by atoms with van der Waals surface area (Å²) in [5, 5.41) is 13.2. The molecule has 3 aliphatic rings. The van der Waals surface area contributed by atoms with Crippen molar-refractivity contribution in [1.82, 2.24) is 4.90 Å². The fourth-order valence-corrected chi connectivity index (χ4v) is 7.28. The number of benzene rings is 2. The standard InChI is InChI=1S/C32H36ClNO5/c1-2-27(38-22-14-15-24-23-7-3-4-8-25(23)31(36)39-28(24)19-22)30(35)34-18-17-32(37)16-6-5-9-26(32)29(34)20-10-12-21(33)13-11-20/h10-15,19,26-27,29,37H,2-9,16-18H2,1H3/t26?,27?,29-,32?/m0/s1. The van der Waals surface area contributed by atoms with Gasteiger partial charge in [0.2, 0.25) is 0 Å². The number of aliphatic hydroxyl groups is 1. The van der Waals surface area contributed by atoms with E-state index < -0.39 is 11.7 Å². The van der Waals surface area contributed by atoms with Gasteiger partial charge in [0.1, 0.15) is 11.3 Å². The summed E-state index contributed by atoms with van der Waals surface area (Å²) < 4.78 is 12.0. The van der Waals surface area contributed by atoms with Gasteiger partial charge in [0.25, 0.3) is 5.91 Å². The number of halogens is 1. The lowest BCUT2D eigenvalue weighted by Crippen LogP contribution is -2.58. The summed E-state index contributed by atoms with van der Waals surface area (Å²) in [6.07, 6.45) is 7.77. The quantitative estimate of drug-likeness (QED) is 0.374. The Kier molecular flexibility index (Phi) is 7.19. The molecule has 3 unspecified atom stereocenters. The number of rotatable bonds is 5. The zero-order chi connectivity index (χ0) is 27.1. The normalized spacial score (nSPS) is 25.6. The molecule has 39 heavy (non-hydrogen) atoms. The second-order valence-electron chi connectivity index (χ2n) is 11.5. The number of fused-ring (bicyclic) bond motifs is 4. The molecule has 1 aliphatic heterocycles. The van der Waals surface area contributed by atoms with Gasteiger partial charge in [-0.1, -0.05) is 43.5 Å². The summed E-state index contributed by atoms with van der Waals surface area (Å²) in [6.45, 7) is 2.41. The average Bonchev–Trinajstić information content (AvgIpc) is 2.95. The van der Waals surface area contributed by atoms with E-state index in [0.29, 0.717) is 35.7 Å². The lowest BCUT2D eigenvalue weighted by molar-refractivity contribution is -0.161. The predicted octanol–water partition coefficient (Wildman–Crippen LogP) is 6.38. The van der Waals surface area contributed by atoms with E-state index in [2.05, 4.69) is 0 Å². The van der Waals surface area contributed by atoms with Crippen LogP contribution in [0.25, 0.3) is 11.0 Å². The first-order valence-corrected chi connectivity index (χ1v) is 14.8. The summed E-state index contributed by atoms with van der Waals surface area (Å²) >= 11 is 6.19. The number of carbonyl (C=O) groups is 1. The van der Waals surface area contributed by atoms with Crippen molar-refractivity contribution in [2.75, 3.05) is 6.54 Å². The lowest BCUT2D eigenvalue weighted by atomic mass is 9.66. The molecule has 206 valence electrons. The minimum Gasteiger partial charge on any atom is -0.480 e. The number of piperidine rings is 1. The Hall–Kier alpha value is -2.83. The maximum Gasteiger partial charge on any atom is 0.339 e. The minimum absolute atomic E-state index is 0.0382. The molecule has 1 N–H and O–H groups in total. The van der Waals surface area contributed by atoms with E-state index in [4.69, 9.17) is 20.8 Å². The first-order valence-electron chi connectivity index (χ1n) is 14.4. The highest BCUT2D eigenvalue weighted by Gasteiger charge is 2.51. The van der Waals surface area contributed by atoms with Gasteiger partial charge >= 0.3 is 5.63 Å². The van der Waals surface area contributed by atoms with Gasteiger partial charge in [0.15, 0.2) is 6.10 Å². The molecule has 7 heteroatoms. The van der Waals surface area contributed by atoms with Crippen molar-refractivity contribution in [2.45, 2.75) is 88.9 Å². The molecule has 1 amide bonds. The first-order chi connectivity index (χ1) is 18.9. The Labute approximate surface area is 233 Å². The molecule has 6 nitrogen and oxygen atoms in total. The predicted molar refractivity (Wildman–Crippen MR) is 151 cm³/mol. The molecule has 1 saturated carbocycles. The smallest absolute Gasteiger partial charge is 0.339 e. The second kappa shape index (κ2) is 10.6. The molecule has 3 aromatic rings. The van der Waals surface area contributed by atoms with Crippen molar-refractivity contribution >= 4 is 28.5 Å². The number of aryl methyl sites for hydroxylation is 1. The molecular weight excluding hydrogens is 514 g/mol. The van der Waals surface area contributed by atoms with E-state index in [1.54, 1.807) is 6.07 Å². The Morgan fingerprint density at radius 3 is 2.64 bits per heavy atom. The highest BCUT2D eigenvalue weighted by molar-refractivity contribution is 6.30. The maximum absolute atomic E-state index is 14.1. The zero-order valence-corrected chi connectivity index (χ0v) is 23.2. The van der Waals surface area contributed by atoms with Crippen LogP contribution >= 0.6 is 11.6 Å². The van der Waals surface area contributed by atoms with Crippen LogP contribution < -0.4 is 10.4 Å². The third-order valence-corrected chi connectivity index (χ3v) is 9.43. The van der Waals surface area contributed by atoms with Crippen LogP contribution in [0, 0.1) is 5.92 Å². The van der Waals surface area contributed by atoms with Crippen LogP contribution in [-0.4, -0.2) is 34.2 Å². The zero-order valence-electron chi connectivity index (χ0n) is 22.5. The molecule has 1 aromatic heterocycles. The fraction of sp³-hybridized carbons (Fsp3) is 0.500. The van der Waals surface area contributed by atoms with Crippen LogP contribution in [0.4, 0.5) is 0 Å². The topological polar surface area (TPSA) is 80.0 Å². The first kappa shape index (κ1) is 26.4. The van der Waals surface area contributed by atoms with Crippen LogP contribution in [0.2, 0.25) is 5.02 Å². The van der Waals surface area contributed by atoms with E-state index >= 15 is 0 Å². The number of hydrogen-bond donors (Lipinski definition) is 1. The number of carbonyl (C=O) groups excluding carboxylic acids is 1. The highest BCUT2D eigenvalue weighted by Crippen LogP contribution is 2.49. The van der Waals surface area contributed by atoms with E-state index in [1.807, 2.05) is 48.2 Å². The number of ether oxygens (including phenoxy) is 1. The molecule has 2 fully saturated rings. The van der Waals surface area contributed by atoms with Crippen molar-refractivity contribution in [2.24, 2.45) is 5.92 Å². The van der Waals surface area contributed by atoms with Crippen LogP contribution in [0.3, 0.4) is 0 Å². The highest BCUT2D eigenvalue weighted by atomic mass is 35.5. The van der Waals surface area contributed by atoms with Gasteiger partial charge in [0, 0.05) is 34.5 Å². The monoisotopic (exact) mass is 549 g/mol. The van der Waals surface area contributed by atoms with Crippen molar-refractivity contribution in [3.05, 3.63) is 74.6 Å². The third kappa shape index (κ3) is 4.87. The van der Waals surface area contributed by atoms with Gasteiger partial charge in [-0.2, -0.15) is 0 Å².